The van der Waals surface area contributed by atoms with E-state index in [2.05, 4.69) is 26.1 Å². The van der Waals surface area contributed by atoms with E-state index in [1.165, 1.54) is 10.5 Å². The third kappa shape index (κ3) is 5.92. The van der Waals surface area contributed by atoms with Crippen molar-refractivity contribution in [1.29, 1.82) is 0 Å². The predicted molar refractivity (Wildman–Crippen MR) is 103 cm³/mol. The van der Waals surface area contributed by atoms with Gasteiger partial charge in [-0.15, -0.1) is 0 Å². The van der Waals surface area contributed by atoms with Gasteiger partial charge in [0.15, 0.2) is 6.61 Å². The Hall–Kier alpha value is -2.82. The van der Waals surface area contributed by atoms with Crippen molar-refractivity contribution in [3.8, 4) is 5.75 Å². The van der Waals surface area contributed by atoms with Gasteiger partial charge >= 0.3 is 0 Å². The fourth-order valence-electron chi connectivity index (χ4n) is 2.33. The van der Waals surface area contributed by atoms with E-state index in [9.17, 15) is 9.59 Å². The van der Waals surface area contributed by atoms with Gasteiger partial charge in [0.1, 0.15) is 5.75 Å². The highest BCUT2D eigenvalue weighted by molar-refractivity contribution is 5.94. The molecule has 0 heterocycles. The number of amides is 2. The van der Waals surface area contributed by atoms with E-state index in [-0.39, 0.29) is 30.4 Å². The Morgan fingerprint density at radius 3 is 2.19 bits per heavy atom. The number of ether oxygens (including phenoxy) is 1. The number of rotatable bonds is 6. The van der Waals surface area contributed by atoms with Gasteiger partial charge in [-0.05, 0) is 35.2 Å². The lowest BCUT2D eigenvalue weighted by atomic mass is 9.87. The molecule has 0 aliphatic rings. The van der Waals surface area contributed by atoms with Gasteiger partial charge in [0.05, 0.1) is 6.54 Å². The Balaban J connectivity index is 1.80. The van der Waals surface area contributed by atoms with Crippen LogP contribution in [0.15, 0.2) is 54.6 Å². The summed E-state index contributed by atoms with van der Waals surface area (Å²) in [5.41, 5.74) is 1.97. The van der Waals surface area contributed by atoms with Crippen molar-refractivity contribution in [2.45, 2.75) is 26.2 Å². The normalized spacial score (nSPS) is 10.9. The summed E-state index contributed by atoms with van der Waals surface area (Å²) in [5.74, 6) is 0.128. The minimum absolute atomic E-state index is 0.0277. The molecule has 0 fully saturated rings. The molecule has 2 amide bonds. The first-order chi connectivity index (χ1) is 12.3. The van der Waals surface area contributed by atoms with Gasteiger partial charge in [0.25, 0.3) is 5.91 Å². The molecule has 2 aromatic carbocycles. The van der Waals surface area contributed by atoms with E-state index in [4.69, 9.17) is 4.74 Å². The molecule has 2 aromatic rings. The van der Waals surface area contributed by atoms with Crippen LogP contribution in [0.5, 0.6) is 5.75 Å². The van der Waals surface area contributed by atoms with Crippen molar-refractivity contribution in [2.24, 2.45) is 0 Å². The molecule has 5 heteroatoms. The van der Waals surface area contributed by atoms with Crippen molar-refractivity contribution < 1.29 is 14.3 Å². The fraction of sp³-hybridized carbons (Fsp3) is 0.333. The van der Waals surface area contributed by atoms with Crippen LogP contribution in [0.25, 0.3) is 0 Å². The lowest BCUT2D eigenvalue weighted by Gasteiger charge is -2.20. The molecule has 0 spiro atoms. The summed E-state index contributed by atoms with van der Waals surface area (Å²) in [6, 6.07) is 16.8. The summed E-state index contributed by atoms with van der Waals surface area (Å²) >= 11 is 0. The quantitative estimate of drug-likeness (QED) is 0.864. The van der Waals surface area contributed by atoms with Gasteiger partial charge in [-0.2, -0.15) is 0 Å². The Morgan fingerprint density at radius 2 is 1.62 bits per heavy atom. The number of hydrogen-bond acceptors (Lipinski definition) is 3. The van der Waals surface area contributed by atoms with Gasteiger partial charge in [0.2, 0.25) is 5.91 Å². The zero-order valence-electron chi connectivity index (χ0n) is 15.8. The van der Waals surface area contributed by atoms with Crippen LogP contribution in [0.3, 0.4) is 0 Å². The Morgan fingerprint density at radius 1 is 1.00 bits per heavy atom. The molecule has 0 aliphatic heterocycles. The largest absolute Gasteiger partial charge is 0.484 e. The standard InChI is InChI=1S/C21H26N2O3/c1-21(2,3)16-10-12-18(13-11-16)26-15-20(25)23(4)14-19(24)22-17-8-6-5-7-9-17/h5-13H,14-15H2,1-4H3,(H,22,24). The van der Waals surface area contributed by atoms with E-state index in [1.807, 2.05) is 42.5 Å². The first-order valence-electron chi connectivity index (χ1n) is 8.58. The molecule has 2 rings (SSSR count). The third-order valence-electron chi connectivity index (χ3n) is 3.95. The molecule has 26 heavy (non-hydrogen) atoms. The highest BCUT2D eigenvalue weighted by Crippen LogP contribution is 2.24. The molecule has 1 N–H and O–H groups in total. The molecule has 0 saturated carbocycles. The highest BCUT2D eigenvalue weighted by atomic mass is 16.5. The Labute approximate surface area is 155 Å². The summed E-state index contributed by atoms with van der Waals surface area (Å²) in [5, 5.41) is 2.75. The molecule has 0 radical (unpaired) electrons. The summed E-state index contributed by atoms with van der Waals surface area (Å²) in [6.07, 6.45) is 0. The third-order valence-corrected chi connectivity index (χ3v) is 3.95. The zero-order valence-corrected chi connectivity index (χ0v) is 15.8. The average Bonchev–Trinajstić information content (AvgIpc) is 2.60. The van der Waals surface area contributed by atoms with Gasteiger partial charge in [-0.1, -0.05) is 51.1 Å². The minimum Gasteiger partial charge on any atom is -0.484 e. The van der Waals surface area contributed by atoms with E-state index in [0.717, 1.165) is 0 Å². The van der Waals surface area contributed by atoms with Crippen LogP contribution in [0, 0.1) is 0 Å². The first-order valence-corrected chi connectivity index (χ1v) is 8.58. The molecule has 0 aliphatic carbocycles. The maximum atomic E-state index is 12.2. The molecule has 0 unspecified atom stereocenters. The zero-order chi connectivity index (χ0) is 19.2. The van der Waals surface area contributed by atoms with Crippen LogP contribution in [0.1, 0.15) is 26.3 Å². The second-order valence-corrected chi connectivity index (χ2v) is 7.23. The molecular weight excluding hydrogens is 328 g/mol. The number of hydrogen-bond donors (Lipinski definition) is 1. The number of likely N-dealkylation sites (N-methyl/N-ethyl adjacent to an activating group) is 1. The van der Waals surface area contributed by atoms with Crippen LogP contribution in [0.2, 0.25) is 0 Å². The number of para-hydroxylation sites is 1. The van der Waals surface area contributed by atoms with Gasteiger partial charge in [-0.25, -0.2) is 0 Å². The summed E-state index contributed by atoms with van der Waals surface area (Å²) in [4.78, 5) is 25.5. The van der Waals surface area contributed by atoms with Gasteiger partial charge < -0.3 is 15.0 Å². The van der Waals surface area contributed by atoms with Crippen LogP contribution in [-0.4, -0.2) is 36.9 Å². The predicted octanol–water partition coefficient (Wildman–Crippen LogP) is 3.46. The van der Waals surface area contributed by atoms with E-state index >= 15 is 0 Å². The number of nitrogens with zero attached hydrogens (tertiary/aromatic N) is 1. The number of benzene rings is 2. The molecule has 0 aromatic heterocycles. The molecule has 0 saturated heterocycles. The lowest BCUT2D eigenvalue weighted by molar-refractivity contribution is -0.135. The number of carbonyl (C=O) groups is 2. The Bertz CT molecular complexity index is 734. The van der Waals surface area contributed by atoms with Gasteiger partial charge in [-0.3, -0.25) is 9.59 Å². The van der Waals surface area contributed by atoms with E-state index < -0.39 is 0 Å². The van der Waals surface area contributed by atoms with E-state index in [1.54, 1.807) is 19.2 Å². The topological polar surface area (TPSA) is 58.6 Å². The van der Waals surface area contributed by atoms with E-state index in [0.29, 0.717) is 11.4 Å². The van der Waals surface area contributed by atoms with Crippen molar-refractivity contribution in [3.05, 3.63) is 60.2 Å². The number of nitrogens with one attached hydrogen (secondary N) is 1. The Kier molecular flexibility index (Phi) is 6.39. The summed E-state index contributed by atoms with van der Waals surface area (Å²) in [6.45, 7) is 6.29. The monoisotopic (exact) mass is 354 g/mol. The SMILES string of the molecule is CN(CC(=O)Nc1ccccc1)C(=O)COc1ccc(C(C)(C)C)cc1. The lowest BCUT2D eigenvalue weighted by Crippen LogP contribution is -2.37. The summed E-state index contributed by atoms with van der Waals surface area (Å²) in [7, 11) is 1.58. The van der Waals surface area contributed by atoms with Crippen LogP contribution < -0.4 is 10.1 Å². The smallest absolute Gasteiger partial charge is 0.260 e. The van der Waals surface area contributed by atoms with Crippen LogP contribution in [0.4, 0.5) is 5.69 Å². The van der Waals surface area contributed by atoms with Crippen LogP contribution >= 0.6 is 0 Å². The van der Waals surface area contributed by atoms with Crippen molar-refractivity contribution >= 4 is 17.5 Å². The fourth-order valence-corrected chi connectivity index (χ4v) is 2.33. The maximum absolute atomic E-state index is 12.2. The molecule has 138 valence electrons. The average molecular weight is 354 g/mol. The van der Waals surface area contributed by atoms with Crippen molar-refractivity contribution in [2.75, 3.05) is 25.5 Å². The highest BCUT2D eigenvalue weighted by Gasteiger charge is 2.15. The number of anilines is 1. The molecule has 0 bridgehead atoms. The van der Waals surface area contributed by atoms with Crippen molar-refractivity contribution in [1.82, 2.24) is 4.90 Å². The molecular formula is C21H26N2O3. The molecule has 0 atom stereocenters. The maximum Gasteiger partial charge on any atom is 0.260 e. The molecule has 5 nitrogen and oxygen atoms in total. The van der Waals surface area contributed by atoms with Crippen molar-refractivity contribution in [3.63, 3.8) is 0 Å². The van der Waals surface area contributed by atoms with Gasteiger partial charge in [0, 0.05) is 12.7 Å². The minimum atomic E-state index is -0.256. The second-order valence-electron chi connectivity index (χ2n) is 7.23. The number of carbonyl (C=O) groups excluding carboxylic acids is 2. The second kappa shape index (κ2) is 8.52. The first kappa shape index (κ1) is 19.5. The van der Waals surface area contributed by atoms with Crippen LogP contribution in [-0.2, 0) is 15.0 Å². The summed E-state index contributed by atoms with van der Waals surface area (Å²) < 4.78 is 5.53.